The Bertz CT molecular complexity index is 937. The van der Waals surface area contributed by atoms with Crippen LogP contribution < -0.4 is 5.73 Å². The number of hydrogen-bond acceptors (Lipinski definition) is 5. The smallest absolute Gasteiger partial charge is 0.227 e. The Hall–Kier alpha value is -3.17. The Labute approximate surface area is 149 Å². The molecule has 2 heterocycles. The summed E-state index contributed by atoms with van der Waals surface area (Å²) in [6.45, 7) is 0. The van der Waals surface area contributed by atoms with Crippen molar-refractivity contribution >= 4 is 17.7 Å². The molecule has 0 aliphatic heterocycles. The number of thioether (sulfide) groups is 1. The highest BCUT2D eigenvalue weighted by atomic mass is 32.2. The molecule has 1 aromatic carbocycles. The Morgan fingerprint density at radius 3 is 2.56 bits per heavy atom. The quantitative estimate of drug-likeness (QED) is 0.716. The van der Waals surface area contributed by atoms with Crippen LogP contribution in [0.15, 0.2) is 66.0 Å². The van der Waals surface area contributed by atoms with E-state index in [2.05, 4.69) is 16.0 Å². The normalized spacial score (nSPS) is 10.2. The summed E-state index contributed by atoms with van der Waals surface area (Å²) in [5.41, 5.74) is 8.89. The van der Waals surface area contributed by atoms with E-state index < -0.39 is 5.91 Å². The average molecular weight is 346 g/mol. The van der Waals surface area contributed by atoms with Crippen molar-refractivity contribution in [1.29, 1.82) is 5.26 Å². The molecular weight excluding hydrogens is 332 g/mol. The van der Waals surface area contributed by atoms with Gasteiger partial charge in [-0.15, -0.1) is 0 Å². The zero-order valence-electron chi connectivity index (χ0n) is 13.2. The minimum absolute atomic E-state index is 0.0619. The maximum absolute atomic E-state index is 11.2. The van der Waals surface area contributed by atoms with Gasteiger partial charge in [-0.1, -0.05) is 42.1 Å². The van der Waals surface area contributed by atoms with E-state index in [1.807, 2.05) is 48.5 Å². The molecule has 0 fully saturated rings. The number of carbonyl (C=O) groups is 1. The van der Waals surface area contributed by atoms with Gasteiger partial charge >= 0.3 is 0 Å². The van der Waals surface area contributed by atoms with Crippen LogP contribution >= 0.6 is 11.8 Å². The second-order valence-electron chi connectivity index (χ2n) is 5.21. The molecule has 5 nitrogen and oxygen atoms in total. The lowest BCUT2D eigenvalue weighted by atomic mass is 10.00. The molecule has 0 atom stereocenters. The van der Waals surface area contributed by atoms with E-state index in [0.29, 0.717) is 16.3 Å². The zero-order chi connectivity index (χ0) is 17.6. The van der Waals surface area contributed by atoms with Crippen molar-refractivity contribution in [3.05, 3.63) is 66.5 Å². The third kappa shape index (κ3) is 3.84. The van der Waals surface area contributed by atoms with Gasteiger partial charge < -0.3 is 5.73 Å². The van der Waals surface area contributed by atoms with E-state index in [-0.39, 0.29) is 5.75 Å². The fourth-order valence-electron chi connectivity index (χ4n) is 2.38. The molecule has 1 amide bonds. The maximum atomic E-state index is 11.2. The van der Waals surface area contributed by atoms with Crippen molar-refractivity contribution in [2.45, 2.75) is 5.03 Å². The minimum Gasteiger partial charge on any atom is -0.369 e. The van der Waals surface area contributed by atoms with Crippen molar-refractivity contribution in [1.82, 2.24) is 9.97 Å². The number of nitrogens with zero attached hydrogens (tertiary/aromatic N) is 3. The summed E-state index contributed by atoms with van der Waals surface area (Å²) < 4.78 is 0. The second-order valence-corrected chi connectivity index (χ2v) is 6.17. The molecule has 0 radical (unpaired) electrons. The van der Waals surface area contributed by atoms with Gasteiger partial charge in [-0.25, -0.2) is 4.98 Å². The summed E-state index contributed by atoms with van der Waals surface area (Å²) in [6.07, 6.45) is 3.40. The number of primary amides is 1. The lowest BCUT2D eigenvalue weighted by Gasteiger charge is -2.12. The number of rotatable bonds is 5. The highest BCUT2D eigenvalue weighted by Crippen LogP contribution is 2.33. The molecule has 3 aromatic rings. The molecule has 122 valence electrons. The molecule has 6 heteroatoms. The van der Waals surface area contributed by atoms with E-state index in [9.17, 15) is 10.1 Å². The molecule has 25 heavy (non-hydrogen) atoms. The first kappa shape index (κ1) is 16.7. The highest BCUT2D eigenvalue weighted by Gasteiger charge is 2.16. The van der Waals surface area contributed by atoms with Crippen molar-refractivity contribution in [3.63, 3.8) is 0 Å². The number of benzene rings is 1. The molecule has 0 saturated heterocycles. The molecule has 0 bridgehead atoms. The molecule has 0 saturated carbocycles. The third-order valence-corrected chi connectivity index (χ3v) is 4.49. The fourth-order valence-corrected chi connectivity index (χ4v) is 3.12. The number of amides is 1. The standard InChI is InChI=1S/C19H14N4OS/c20-10-16-15(13-5-2-1-3-6-13)9-17(14-7-4-8-22-11-14)23-19(16)25-12-18(21)24/h1-9,11H,12H2,(H2,21,24). The Balaban J connectivity index is 2.20. The summed E-state index contributed by atoms with van der Waals surface area (Å²) in [7, 11) is 0. The highest BCUT2D eigenvalue weighted by molar-refractivity contribution is 8.00. The molecule has 0 aliphatic carbocycles. The van der Waals surface area contributed by atoms with E-state index in [1.165, 1.54) is 11.8 Å². The summed E-state index contributed by atoms with van der Waals surface area (Å²) in [6, 6.07) is 17.4. The second kappa shape index (κ2) is 7.60. The van der Waals surface area contributed by atoms with Crippen molar-refractivity contribution in [2.24, 2.45) is 5.73 Å². The van der Waals surface area contributed by atoms with Crippen LogP contribution in [0.5, 0.6) is 0 Å². The van der Waals surface area contributed by atoms with Crippen LogP contribution in [0.1, 0.15) is 5.56 Å². The van der Waals surface area contributed by atoms with E-state index in [0.717, 1.165) is 16.7 Å². The van der Waals surface area contributed by atoms with Crippen LogP contribution in [0.3, 0.4) is 0 Å². The van der Waals surface area contributed by atoms with Crippen LogP contribution in [-0.4, -0.2) is 21.6 Å². The lowest BCUT2D eigenvalue weighted by molar-refractivity contribution is -0.115. The van der Waals surface area contributed by atoms with Crippen LogP contribution in [0.4, 0.5) is 0 Å². The molecule has 0 spiro atoms. The average Bonchev–Trinajstić information content (AvgIpc) is 2.67. The number of nitrogens with two attached hydrogens (primary N) is 1. The van der Waals surface area contributed by atoms with E-state index in [4.69, 9.17) is 5.73 Å². The van der Waals surface area contributed by atoms with Gasteiger partial charge in [-0.3, -0.25) is 9.78 Å². The first-order valence-electron chi connectivity index (χ1n) is 7.51. The molecule has 2 aromatic heterocycles. The first-order chi connectivity index (χ1) is 12.2. The number of carbonyl (C=O) groups excluding carboxylic acids is 1. The maximum Gasteiger partial charge on any atom is 0.227 e. The van der Waals surface area contributed by atoms with Crippen molar-refractivity contribution in [3.8, 4) is 28.5 Å². The van der Waals surface area contributed by atoms with Crippen LogP contribution in [0, 0.1) is 11.3 Å². The SMILES string of the molecule is N#Cc1c(-c2ccccc2)cc(-c2cccnc2)nc1SCC(N)=O. The fraction of sp³-hybridized carbons (Fsp3) is 0.0526. The molecule has 2 N–H and O–H groups in total. The number of nitriles is 1. The summed E-state index contributed by atoms with van der Waals surface area (Å²) in [5.74, 6) is -0.393. The van der Waals surface area contributed by atoms with Gasteiger partial charge in [0, 0.05) is 23.5 Å². The van der Waals surface area contributed by atoms with Gasteiger partial charge in [0.2, 0.25) is 5.91 Å². The van der Waals surface area contributed by atoms with Gasteiger partial charge in [0.05, 0.1) is 17.0 Å². The van der Waals surface area contributed by atoms with Gasteiger partial charge in [0.1, 0.15) is 11.1 Å². The largest absolute Gasteiger partial charge is 0.369 e. The van der Waals surface area contributed by atoms with Crippen LogP contribution in [0.2, 0.25) is 0 Å². The number of aromatic nitrogens is 2. The third-order valence-electron chi connectivity index (χ3n) is 3.49. The Morgan fingerprint density at radius 1 is 1.16 bits per heavy atom. The predicted molar refractivity (Wildman–Crippen MR) is 97.5 cm³/mol. The first-order valence-corrected chi connectivity index (χ1v) is 8.49. The molecule has 0 aliphatic rings. The van der Waals surface area contributed by atoms with Gasteiger partial charge in [-0.2, -0.15) is 5.26 Å². The van der Waals surface area contributed by atoms with Crippen molar-refractivity contribution in [2.75, 3.05) is 5.75 Å². The topological polar surface area (TPSA) is 92.7 Å². The summed E-state index contributed by atoms with van der Waals surface area (Å²) in [5, 5.41) is 10.1. The number of pyridine rings is 2. The molecule has 3 rings (SSSR count). The van der Waals surface area contributed by atoms with Crippen LogP contribution in [0.25, 0.3) is 22.4 Å². The minimum atomic E-state index is -0.455. The van der Waals surface area contributed by atoms with Gasteiger partial charge in [0.25, 0.3) is 0 Å². The Kier molecular flexibility index (Phi) is 5.07. The monoisotopic (exact) mass is 346 g/mol. The van der Waals surface area contributed by atoms with Gasteiger partial charge in [-0.05, 0) is 23.8 Å². The Morgan fingerprint density at radius 2 is 1.92 bits per heavy atom. The predicted octanol–water partition coefficient (Wildman–Crippen LogP) is 3.26. The zero-order valence-corrected chi connectivity index (χ0v) is 14.0. The van der Waals surface area contributed by atoms with E-state index in [1.54, 1.807) is 12.4 Å². The number of hydrogen-bond donors (Lipinski definition) is 1. The molecular formula is C19H14N4OS. The lowest BCUT2D eigenvalue weighted by Crippen LogP contribution is -2.13. The summed E-state index contributed by atoms with van der Waals surface area (Å²) >= 11 is 1.17. The van der Waals surface area contributed by atoms with Crippen LogP contribution in [-0.2, 0) is 4.79 Å². The van der Waals surface area contributed by atoms with Crippen molar-refractivity contribution < 1.29 is 4.79 Å². The van der Waals surface area contributed by atoms with E-state index >= 15 is 0 Å². The summed E-state index contributed by atoms with van der Waals surface area (Å²) in [4.78, 5) is 19.9. The molecule has 0 unspecified atom stereocenters. The van der Waals surface area contributed by atoms with Gasteiger partial charge in [0.15, 0.2) is 0 Å².